The van der Waals surface area contributed by atoms with Gasteiger partial charge >= 0.3 is 0 Å². The van der Waals surface area contributed by atoms with Crippen LogP contribution in [0.3, 0.4) is 0 Å². The third kappa shape index (κ3) is 2.18. The first-order valence-electron chi connectivity index (χ1n) is 7.38. The van der Waals surface area contributed by atoms with Crippen LogP contribution >= 0.6 is 0 Å². The maximum absolute atomic E-state index is 5.34. The number of rotatable bonds is 0. The summed E-state index contributed by atoms with van der Waals surface area (Å²) in [6.45, 7) is 1.05. The molecule has 0 aromatic rings. The zero-order valence-corrected chi connectivity index (χ0v) is 11.7. The number of hydrogen-bond acceptors (Lipinski definition) is 4. The van der Waals surface area contributed by atoms with Gasteiger partial charge in [-0.15, -0.1) is 5.10 Å². The number of aromatic nitrogens is 3. The van der Waals surface area contributed by atoms with E-state index >= 15 is 0 Å². The van der Waals surface area contributed by atoms with Gasteiger partial charge in [0, 0.05) is 29.9 Å². The third-order valence-electron chi connectivity index (χ3n) is 4.37. The van der Waals surface area contributed by atoms with Gasteiger partial charge in [-0.1, -0.05) is 0 Å². The highest BCUT2D eigenvalue weighted by atomic mass is 16.4. The first-order valence-corrected chi connectivity index (χ1v) is 7.38. The van der Waals surface area contributed by atoms with E-state index < -0.39 is 0 Å². The van der Waals surface area contributed by atoms with E-state index in [0.717, 1.165) is 24.2 Å². The largest absolute Gasteiger partial charge is 0.468 e. The zero-order valence-electron chi connectivity index (χ0n) is 11.7. The van der Waals surface area contributed by atoms with Gasteiger partial charge in [-0.05, 0) is 31.2 Å². The molecule has 3 heterocycles. The van der Waals surface area contributed by atoms with Gasteiger partial charge < -0.3 is 13.4 Å². The van der Waals surface area contributed by atoms with E-state index in [1.165, 1.54) is 43.0 Å². The van der Waals surface area contributed by atoms with Crippen molar-refractivity contribution in [2.24, 2.45) is 0 Å². The van der Waals surface area contributed by atoms with Crippen LogP contribution in [0.2, 0.25) is 0 Å². The second kappa shape index (κ2) is 5.24. The van der Waals surface area contributed by atoms with Crippen molar-refractivity contribution in [2.45, 2.75) is 38.1 Å². The molecule has 21 heavy (non-hydrogen) atoms. The molecule has 0 amide bonds. The standard InChI is InChI=1S/C16H17N3O2/c1-2-12-4-5-19-6-7-20-8-9-21-11-15-14(10-17-18-15)13(3-1)16(12)19/h6-12H,1-5H2. The lowest BCUT2D eigenvalue weighted by molar-refractivity contribution is 0.493. The van der Waals surface area contributed by atoms with Crippen molar-refractivity contribution in [1.82, 2.24) is 14.8 Å². The van der Waals surface area contributed by atoms with E-state index in [9.17, 15) is 0 Å². The number of hydrogen-bond donors (Lipinski definition) is 0. The van der Waals surface area contributed by atoms with Crippen molar-refractivity contribution in [3.05, 3.63) is 48.7 Å². The lowest BCUT2D eigenvalue weighted by Gasteiger charge is -2.21. The smallest absolute Gasteiger partial charge is 0.130 e. The third-order valence-corrected chi connectivity index (χ3v) is 4.37. The highest BCUT2D eigenvalue weighted by Crippen LogP contribution is 2.40. The molecule has 0 radical (unpaired) electrons. The van der Waals surface area contributed by atoms with Crippen molar-refractivity contribution in [3.8, 4) is 11.3 Å². The number of aryl methyl sites for hydroxylation is 1. The maximum Gasteiger partial charge on any atom is 0.130 e. The average molecular weight is 283 g/mol. The van der Waals surface area contributed by atoms with Crippen LogP contribution in [0.25, 0.3) is 11.3 Å². The fourth-order valence-corrected chi connectivity index (χ4v) is 3.48. The van der Waals surface area contributed by atoms with Crippen molar-refractivity contribution in [3.63, 3.8) is 0 Å². The Morgan fingerprint density at radius 2 is 2.10 bits per heavy atom. The van der Waals surface area contributed by atoms with Gasteiger partial charge in [0.25, 0.3) is 0 Å². The molecule has 0 saturated heterocycles. The molecule has 4 rings (SSSR count). The summed E-state index contributed by atoms with van der Waals surface area (Å²) < 4.78 is 12.9. The van der Waals surface area contributed by atoms with Gasteiger partial charge in [0.2, 0.25) is 0 Å². The van der Waals surface area contributed by atoms with Gasteiger partial charge in [-0.2, -0.15) is 5.10 Å². The number of nitrogens with zero attached hydrogens (tertiary/aromatic N) is 3. The molecule has 0 saturated carbocycles. The van der Waals surface area contributed by atoms with Crippen molar-refractivity contribution in [2.75, 3.05) is 0 Å². The fourth-order valence-electron chi connectivity index (χ4n) is 3.48. The second-order valence-electron chi connectivity index (χ2n) is 5.53. The van der Waals surface area contributed by atoms with Crippen molar-refractivity contribution >= 4 is 0 Å². The lowest BCUT2D eigenvalue weighted by atomic mass is 9.85. The molecule has 5 nitrogen and oxygen atoms in total. The second-order valence-corrected chi connectivity index (χ2v) is 5.53. The van der Waals surface area contributed by atoms with E-state index in [-0.39, 0.29) is 0 Å². The molecular formula is C16H17N3O2. The summed E-state index contributed by atoms with van der Waals surface area (Å²) in [4.78, 5) is 0. The monoisotopic (exact) mass is 283 g/mol. The van der Waals surface area contributed by atoms with Crippen LogP contribution in [-0.2, 0) is 13.0 Å². The highest BCUT2D eigenvalue weighted by Gasteiger charge is 2.29. The topological polar surface area (TPSA) is 57.0 Å². The van der Waals surface area contributed by atoms with Crippen molar-refractivity contribution < 1.29 is 8.83 Å². The molecule has 0 fully saturated rings. The quantitative estimate of drug-likeness (QED) is 0.740. The fraction of sp³-hybridized carbons (Fsp3) is 0.375. The minimum absolute atomic E-state index is 0.639. The van der Waals surface area contributed by atoms with Crippen LogP contribution in [0.1, 0.15) is 36.4 Å². The number of fused-ring (bicyclic) bond motifs is 2. The maximum atomic E-state index is 5.34. The minimum atomic E-state index is 0.639. The van der Waals surface area contributed by atoms with E-state index in [1.54, 1.807) is 12.5 Å². The van der Waals surface area contributed by atoms with E-state index in [1.807, 2.05) is 12.4 Å². The zero-order chi connectivity index (χ0) is 14.1. The Hall–Kier alpha value is -2.30. The Labute approximate surface area is 122 Å². The van der Waals surface area contributed by atoms with Gasteiger partial charge in [0.05, 0.1) is 6.20 Å². The summed E-state index contributed by atoms with van der Waals surface area (Å²) in [6, 6.07) is 0. The van der Waals surface area contributed by atoms with E-state index in [0.29, 0.717) is 5.92 Å². The molecule has 1 aliphatic carbocycles. The summed E-state index contributed by atoms with van der Waals surface area (Å²) in [6.07, 6.45) is 15.0. The molecule has 0 aromatic carbocycles. The normalized spacial score (nSPS) is 19.0. The van der Waals surface area contributed by atoms with Gasteiger partial charge in [-0.3, -0.25) is 0 Å². The molecule has 108 valence electrons. The molecule has 1 unspecified atom stereocenters. The Bertz CT molecular complexity index is 725. The SMILES string of the molecule is c1cocc2nncc-2c2c3n(cco1)CCC3CCC2. The van der Waals surface area contributed by atoms with E-state index in [4.69, 9.17) is 8.83 Å². The first kappa shape index (κ1) is 12.4. The van der Waals surface area contributed by atoms with E-state index in [2.05, 4.69) is 14.8 Å². The molecule has 0 bridgehead atoms. The van der Waals surface area contributed by atoms with Gasteiger partial charge in [-0.25, -0.2) is 0 Å². The Morgan fingerprint density at radius 1 is 1.14 bits per heavy atom. The Balaban J connectivity index is 2.06. The first-order chi connectivity index (χ1) is 10.4. The Morgan fingerprint density at radius 3 is 3.10 bits per heavy atom. The summed E-state index contributed by atoms with van der Waals surface area (Å²) in [5.41, 5.74) is 4.66. The molecule has 4 aliphatic rings. The van der Waals surface area contributed by atoms with Gasteiger partial charge in [0.15, 0.2) is 0 Å². The average Bonchev–Trinajstić information content (AvgIpc) is 3.11. The molecule has 1 atom stereocenters. The van der Waals surface area contributed by atoms with Crippen LogP contribution in [0.15, 0.2) is 46.3 Å². The minimum Gasteiger partial charge on any atom is -0.468 e. The summed E-state index contributed by atoms with van der Waals surface area (Å²) >= 11 is 0. The summed E-state index contributed by atoms with van der Waals surface area (Å²) in [5.74, 6) is 0.639. The molecule has 5 heteroatoms. The molecule has 0 N–H and O–H groups in total. The van der Waals surface area contributed by atoms with Crippen LogP contribution in [-0.4, -0.2) is 14.8 Å². The predicted molar refractivity (Wildman–Crippen MR) is 76.7 cm³/mol. The summed E-state index contributed by atoms with van der Waals surface area (Å²) in [7, 11) is 0. The predicted octanol–water partition coefficient (Wildman–Crippen LogP) is 3.64. The van der Waals surface area contributed by atoms with Crippen LogP contribution in [0, 0.1) is 0 Å². The van der Waals surface area contributed by atoms with Gasteiger partial charge in [0.1, 0.15) is 30.7 Å². The molecule has 3 aliphatic heterocycles. The van der Waals surface area contributed by atoms with Crippen LogP contribution in [0.5, 0.6) is 0 Å². The molecule has 0 spiro atoms. The van der Waals surface area contributed by atoms with Crippen LogP contribution in [0.4, 0.5) is 0 Å². The van der Waals surface area contributed by atoms with Crippen molar-refractivity contribution in [1.29, 1.82) is 0 Å². The molecular weight excluding hydrogens is 266 g/mol. The highest BCUT2D eigenvalue weighted by molar-refractivity contribution is 5.63. The summed E-state index contributed by atoms with van der Waals surface area (Å²) in [5, 5.41) is 8.24. The molecule has 0 aromatic heterocycles. The Kier molecular flexibility index (Phi) is 3.10. The lowest BCUT2D eigenvalue weighted by Crippen LogP contribution is -2.09. The van der Waals surface area contributed by atoms with Crippen LogP contribution < -0.4 is 0 Å².